The van der Waals surface area contributed by atoms with Crippen LogP contribution in [0.2, 0.25) is 0 Å². The van der Waals surface area contributed by atoms with Gasteiger partial charge >= 0.3 is 0 Å². The summed E-state index contributed by atoms with van der Waals surface area (Å²) in [6.45, 7) is 0. The van der Waals surface area contributed by atoms with Crippen LogP contribution in [0.1, 0.15) is 0 Å². The molecule has 0 saturated carbocycles. The predicted molar refractivity (Wildman–Crippen MR) is 241 cm³/mol. The molecule has 0 radical (unpaired) electrons. The molecular formula is C53H30N2S. The van der Waals surface area contributed by atoms with Gasteiger partial charge in [-0.2, -0.15) is 0 Å². The van der Waals surface area contributed by atoms with Gasteiger partial charge in [0.05, 0.1) is 16.6 Å². The fraction of sp³-hybridized carbons (Fsp3) is 0. The van der Waals surface area contributed by atoms with E-state index in [1.54, 1.807) is 0 Å². The molecule has 0 saturated heterocycles. The summed E-state index contributed by atoms with van der Waals surface area (Å²) in [5.74, 6) is 0. The molecule has 0 atom stereocenters. The number of hydrogen-bond acceptors (Lipinski definition) is 2. The highest BCUT2D eigenvalue weighted by Crippen LogP contribution is 2.48. The lowest BCUT2D eigenvalue weighted by Gasteiger charge is -2.18. The van der Waals surface area contributed by atoms with E-state index in [4.69, 9.17) is 4.98 Å². The van der Waals surface area contributed by atoms with Gasteiger partial charge in [0.1, 0.15) is 5.65 Å². The molecule has 13 aromatic rings. The maximum atomic E-state index is 5.12. The van der Waals surface area contributed by atoms with Gasteiger partial charge in [-0.3, -0.25) is 4.40 Å². The van der Waals surface area contributed by atoms with Crippen LogP contribution in [0.25, 0.3) is 124 Å². The number of rotatable bonds is 2. The molecule has 0 fully saturated rings. The monoisotopic (exact) mass is 726 g/mol. The van der Waals surface area contributed by atoms with E-state index in [2.05, 4.69) is 186 Å². The molecule has 0 aliphatic rings. The van der Waals surface area contributed by atoms with Crippen LogP contribution >= 0.6 is 11.3 Å². The Morgan fingerprint density at radius 2 is 0.839 bits per heavy atom. The molecule has 56 heavy (non-hydrogen) atoms. The van der Waals surface area contributed by atoms with Gasteiger partial charge in [-0.05, 0) is 102 Å². The first-order chi connectivity index (χ1) is 27.8. The lowest BCUT2D eigenvalue weighted by Crippen LogP contribution is -1.94. The molecule has 10 aromatic carbocycles. The average Bonchev–Trinajstić information content (AvgIpc) is 3.85. The van der Waals surface area contributed by atoms with E-state index in [1.807, 2.05) is 11.3 Å². The van der Waals surface area contributed by atoms with Crippen molar-refractivity contribution in [3.63, 3.8) is 0 Å². The van der Waals surface area contributed by atoms with Crippen LogP contribution in [-0.4, -0.2) is 9.38 Å². The molecule has 258 valence electrons. The van der Waals surface area contributed by atoms with Crippen molar-refractivity contribution in [2.45, 2.75) is 0 Å². The zero-order valence-electron chi connectivity index (χ0n) is 30.1. The van der Waals surface area contributed by atoms with Gasteiger partial charge in [0.25, 0.3) is 0 Å². The van der Waals surface area contributed by atoms with Crippen molar-refractivity contribution in [1.82, 2.24) is 9.38 Å². The minimum Gasteiger partial charge on any atom is -0.292 e. The molecule has 0 bridgehead atoms. The Morgan fingerprint density at radius 3 is 1.50 bits per heavy atom. The summed E-state index contributed by atoms with van der Waals surface area (Å²) < 4.78 is 5.02. The zero-order valence-corrected chi connectivity index (χ0v) is 30.9. The van der Waals surface area contributed by atoms with Gasteiger partial charge < -0.3 is 0 Å². The Bertz CT molecular complexity index is 3770. The number of imidazole rings is 1. The molecular weight excluding hydrogens is 697 g/mol. The first kappa shape index (κ1) is 30.3. The van der Waals surface area contributed by atoms with Crippen molar-refractivity contribution in [3.8, 4) is 22.3 Å². The number of benzene rings is 10. The zero-order chi connectivity index (χ0) is 36.5. The van der Waals surface area contributed by atoms with Crippen LogP contribution in [-0.2, 0) is 0 Å². The maximum Gasteiger partial charge on any atom is 0.146 e. The number of hydrogen-bond donors (Lipinski definition) is 0. The first-order valence-corrected chi connectivity index (χ1v) is 20.0. The fourth-order valence-electron chi connectivity index (χ4n) is 9.78. The summed E-state index contributed by atoms with van der Waals surface area (Å²) in [6, 6.07) is 67.2. The Morgan fingerprint density at radius 1 is 0.357 bits per heavy atom. The van der Waals surface area contributed by atoms with E-state index in [0.717, 1.165) is 27.6 Å². The molecule has 0 unspecified atom stereocenters. The van der Waals surface area contributed by atoms with Gasteiger partial charge in [-0.25, -0.2) is 4.98 Å². The molecule has 2 nitrogen and oxygen atoms in total. The highest BCUT2D eigenvalue weighted by molar-refractivity contribution is 7.27. The molecule has 3 heterocycles. The molecule has 0 N–H and O–H groups in total. The van der Waals surface area contributed by atoms with Gasteiger partial charge in [0.15, 0.2) is 0 Å². The first-order valence-electron chi connectivity index (χ1n) is 19.2. The predicted octanol–water partition coefficient (Wildman–Crippen LogP) is 15.1. The average molecular weight is 727 g/mol. The second-order valence-corrected chi connectivity index (χ2v) is 16.0. The number of fused-ring (bicyclic) bond motifs is 18. The molecule has 3 aromatic heterocycles. The largest absolute Gasteiger partial charge is 0.292 e. The van der Waals surface area contributed by atoms with Crippen LogP contribution in [0.4, 0.5) is 0 Å². The van der Waals surface area contributed by atoms with Crippen molar-refractivity contribution in [2.75, 3.05) is 0 Å². The minimum atomic E-state index is 0.999. The summed E-state index contributed by atoms with van der Waals surface area (Å²) in [5.41, 5.74) is 9.30. The van der Waals surface area contributed by atoms with Gasteiger partial charge in [0, 0.05) is 36.3 Å². The van der Waals surface area contributed by atoms with Gasteiger partial charge in [-0.15, -0.1) is 11.3 Å². The standard InChI is InChI=1S/C53H30N2S/c1-4-16-36-33(13-1)34-14-2-9-21-41(34)52-51(36)44-30-32(26-28-48(44)56-52)50-39-19-7-5-17-37(39)49(38-18-6-8-20-40(38)50)31-25-27-46-43(29-31)35-15-3-10-22-42(35)53-54-45-23-11-12-24-47(45)55(46)53/h1-30H. The van der Waals surface area contributed by atoms with E-state index < -0.39 is 0 Å². The second kappa shape index (κ2) is 11.2. The SMILES string of the molecule is c1ccc2c(c1)nc1c3ccccc3c3cc(-c4c5ccccc5c(-c5ccc6sc7c8ccccc8c8ccccc8c7c6c5)c5ccccc45)ccc3n21. The van der Waals surface area contributed by atoms with Crippen LogP contribution in [0.5, 0.6) is 0 Å². The van der Waals surface area contributed by atoms with Gasteiger partial charge in [0.2, 0.25) is 0 Å². The third-order valence-corrected chi connectivity index (χ3v) is 13.3. The Hall–Kier alpha value is -7.07. The fourth-order valence-corrected chi connectivity index (χ4v) is 11.0. The topological polar surface area (TPSA) is 17.3 Å². The Kier molecular flexibility index (Phi) is 6.07. The van der Waals surface area contributed by atoms with E-state index in [9.17, 15) is 0 Å². The number of pyridine rings is 1. The van der Waals surface area contributed by atoms with Crippen molar-refractivity contribution in [1.29, 1.82) is 0 Å². The lowest BCUT2D eigenvalue weighted by atomic mass is 9.85. The van der Waals surface area contributed by atoms with Gasteiger partial charge in [-0.1, -0.05) is 146 Å². The van der Waals surface area contributed by atoms with E-state index >= 15 is 0 Å². The van der Waals surface area contributed by atoms with Crippen LogP contribution < -0.4 is 0 Å². The molecule has 0 amide bonds. The summed E-state index contributed by atoms with van der Waals surface area (Å²) >= 11 is 1.91. The third kappa shape index (κ3) is 4.02. The number of aromatic nitrogens is 2. The second-order valence-electron chi connectivity index (χ2n) is 15.0. The van der Waals surface area contributed by atoms with E-state index in [-0.39, 0.29) is 0 Å². The highest BCUT2D eigenvalue weighted by atomic mass is 32.1. The number of thiophene rings is 1. The maximum absolute atomic E-state index is 5.12. The summed E-state index contributed by atoms with van der Waals surface area (Å²) in [6.07, 6.45) is 0. The molecule has 0 aliphatic carbocycles. The van der Waals surface area contributed by atoms with Crippen molar-refractivity contribution < 1.29 is 0 Å². The number of para-hydroxylation sites is 2. The van der Waals surface area contributed by atoms with E-state index in [0.29, 0.717) is 0 Å². The molecule has 3 heteroatoms. The minimum absolute atomic E-state index is 0.999. The smallest absolute Gasteiger partial charge is 0.146 e. The lowest BCUT2D eigenvalue weighted by molar-refractivity contribution is 1.31. The molecule has 13 rings (SSSR count). The summed E-state index contributed by atoms with van der Waals surface area (Å²) in [4.78, 5) is 5.12. The van der Waals surface area contributed by atoms with Crippen LogP contribution in [0, 0.1) is 0 Å². The Balaban J connectivity index is 1.11. The van der Waals surface area contributed by atoms with Crippen molar-refractivity contribution in [2.24, 2.45) is 0 Å². The van der Waals surface area contributed by atoms with Crippen molar-refractivity contribution >= 4 is 113 Å². The third-order valence-electron chi connectivity index (χ3n) is 12.1. The quantitative estimate of drug-likeness (QED) is 0.128. The van der Waals surface area contributed by atoms with Crippen LogP contribution in [0.15, 0.2) is 182 Å². The Labute approximate surface area is 325 Å². The normalized spacial score (nSPS) is 12.3. The van der Waals surface area contributed by atoms with Crippen molar-refractivity contribution in [3.05, 3.63) is 182 Å². The van der Waals surface area contributed by atoms with E-state index in [1.165, 1.54) is 96.3 Å². The summed E-state index contributed by atoms with van der Waals surface area (Å²) in [5, 5.41) is 16.6. The molecule has 0 aliphatic heterocycles. The van der Waals surface area contributed by atoms with Crippen LogP contribution in [0.3, 0.4) is 0 Å². The molecule has 0 spiro atoms. The highest BCUT2D eigenvalue weighted by Gasteiger charge is 2.21. The summed E-state index contributed by atoms with van der Waals surface area (Å²) in [7, 11) is 0. The number of nitrogens with zero attached hydrogens (tertiary/aromatic N) is 2.